The fraction of sp³-hybridized carbons (Fsp3) is 0.500. The van der Waals surface area contributed by atoms with E-state index in [1.54, 1.807) is 18.0 Å². The van der Waals surface area contributed by atoms with E-state index in [1.165, 1.54) is 0 Å². The molecule has 1 heterocycles. The maximum absolute atomic E-state index is 5.76. The lowest BCUT2D eigenvalue weighted by Crippen LogP contribution is -2.14. The van der Waals surface area contributed by atoms with Gasteiger partial charge < -0.3 is 10.6 Å². The zero-order valence-electron chi connectivity index (χ0n) is 9.25. The van der Waals surface area contributed by atoms with Gasteiger partial charge in [-0.25, -0.2) is 4.98 Å². The van der Waals surface area contributed by atoms with Crippen molar-refractivity contribution >= 4 is 33.4 Å². The summed E-state index contributed by atoms with van der Waals surface area (Å²) in [4.78, 5) is 6.47. The molecule has 0 radical (unpaired) electrons. The quantitative estimate of drug-likeness (QED) is 0.865. The van der Waals surface area contributed by atoms with E-state index in [9.17, 15) is 0 Å². The number of hydrogen-bond donors (Lipinski definition) is 1. The summed E-state index contributed by atoms with van der Waals surface area (Å²) in [6.45, 7) is 3.04. The third-order valence-electron chi connectivity index (χ3n) is 2.05. The van der Waals surface area contributed by atoms with Crippen LogP contribution in [0, 0.1) is 6.92 Å². The standard InChI is InChI=1S/C10H16BrN3S/c1-7-8(12)6-13-10(9(7)11)15-5-4-14(2)3/h6H,4-5,12H2,1-3H3. The van der Waals surface area contributed by atoms with E-state index in [1.807, 2.05) is 6.92 Å². The monoisotopic (exact) mass is 289 g/mol. The number of aromatic nitrogens is 1. The zero-order valence-corrected chi connectivity index (χ0v) is 11.7. The van der Waals surface area contributed by atoms with Gasteiger partial charge in [0, 0.05) is 12.3 Å². The minimum absolute atomic E-state index is 0.735. The number of nitrogens with zero attached hydrogens (tertiary/aromatic N) is 2. The molecule has 2 N–H and O–H groups in total. The van der Waals surface area contributed by atoms with Crippen LogP contribution in [0.25, 0.3) is 0 Å². The van der Waals surface area contributed by atoms with E-state index in [4.69, 9.17) is 5.73 Å². The SMILES string of the molecule is Cc1c(N)cnc(SCCN(C)C)c1Br. The molecule has 0 aliphatic rings. The third-order valence-corrected chi connectivity index (χ3v) is 4.25. The lowest BCUT2D eigenvalue weighted by molar-refractivity contribution is 0.437. The summed E-state index contributed by atoms with van der Waals surface area (Å²) in [7, 11) is 4.13. The van der Waals surface area contributed by atoms with E-state index in [0.29, 0.717) is 0 Å². The molecule has 0 aliphatic heterocycles. The Morgan fingerprint density at radius 1 is 1.53 bits per heavy atom. The van der Waals surface area contributed by atoms with Crippen molar-refractivity contribution in [3.05, 3.63) is 16.2 Å². The van der Waals surface area contributed by atoms with Gasteiger partial charge in [0.1, 0.15) is 5.03 Å². The first-order chi connectivity index (χ1) is 7.02. The predicted molar refractivity (Wildman–Crippen MR) is 70.4 cm³/mol. The lowest BCUT2D eigenvalue weighted by Gasteiger charge is -2.10. The van der Waals surface area contributed by atoms with Crippen molar-refractivity contribution in [2.45, 2.75) is 11.9 Å². The molecule has 0 amide bonds. The van der Waals surface area contributed by atoms with Crippen LogP contribution in [0.3, 0.4) is 0 Å². The van der Waals surface area contributed by atoms with Gasteiger partial charge in [0.05, 0.1) is 16.4 Å². The van der Waals surface area contributed by atoms with Crippen LogP contribution in [0.1, 0.15) is 5.56 Å². The van der Waals surface area contributed by atoms with Gasteiger partial charge in [-0.2, -0.15) is 0 Å². The first-order valence-corrected chi connectivity index (χ1v) is 6.48. The maximum atomic E-state index is 5.76. The van der Waals surface area contributed by atoms with E-state index >= 15 is 0 Å². The van der Waals surface area contributed by atoms with Crippen LogP contribution in [0.5, 0.6) is 0 Å². The Hall–Kier alpha value is -0.260. The van der Waals surface area contributed by atoms with Gasteiger partial charge in [0.2, 0.25) is 0 Å². The molecule has 0 unspecified atom stereocenters. The summed E-state index contributed by atoms with van der Waals surface area (Å²) >= 11 is 5.26. The van der Waals surface area contributed by atoms with E-state index in [0.717, 1.165) is 33.0 Å². The summed E-state index contributed by atoms with van der Waals surface area (Å²) in [6.07, 6.45) is 1.72. The Morgan fingerprint density at radius 2 is 2.20 bits per heavy atom. The van der Waals surface area contributed by atoms with Crippen LogP contribution >= 0.6 is 27.7 Å². The summed E-state index contributed by atoms with van der Waals surface area (Å²) in [5, 5.41) is 1.02. The van der Waals surface area contributed by atoms with E-state index in [2.05, 4.69) is 39.9 Å². The van der Waals surface area contributed by atoms with E-state index < -0.39 is 0 Å². The van der Waals surface area contributed by atoms with Crippen molar-refractivity contribution in [3.8, 4) is 0 Å². The fourth-order valence-electron chi connectivity index (χ4n) is 0.994. The minimum atomic E-state index is 0.735. The van der Waals surface area contributed by atoms with Crippen LogP contribution in [-0.4, -0.2) is 36.3 Å². The van der Waals surface area contributed by atoms with Crippen LogP contribution in [-0.2, 0) is 0 Å². The molecule has 3 nitrogen and oxygen atoms in total. The highest BCUT2D eigenvalue weighted by Crippen LogP contribution is 2.30. The summed E-state index contributed by atoms with van der Waals surface area (Å²) < 4.78 is 1.02. The molecule has 0 atom stereocenters. The van der Waals surface area contributed by atoms with Crippen LogP contribution < -0.4 is 5.73 Å². The minimum Gasteiger partial charge on any atom is -0.397 e. The molecule has 5 heteroatoms. The van der Waals surface area contributed by atoms with Crippen LogP contribution in [0.2, 0.25) is 0 Å². The molecule has 1 rings (SSSR count). The van der Waals surface area contributed by atoms with Gasteiger partial charge in [-0.15, -0.1) is 11.8 Å². The van der Waals surface area contributed by atoms with Crippen molar-refractivity contribution < 1.29 is 0 Å². The van der Waals surface area contributed by atoms with Gasteiger partial charge in [0.15, 0.2) is 0 Å². The predicted octanol–water partition coefficient (Wildman–Crippen LogP) is 2.39. The molecule has 0 saturated carbocycles. The number of nitrogen functional groups attached to an aromatic ring is 1. The second-order valence-electron chi connectivity index (χ2n) is 3.61. The third kappa shape index (κ3) is 3.66. The van der Waals surface area contributed by atoms with Gasteiger partial charge in [0.25, 0.3) is 0 Å². The summed E-state index contributed by atoms with van der Waals surface area (Å²) in [5.74, 6) is 1.03. The highest BCUT2D eigenvalue weighted by Gasteiger charge is 2.07. The molecule has 1 aromatic rings. The van der Waals surface area contributed by atoms with Gasteiger partial charge in [-0.3, -0.25) is 0 Å². The van der Waals surface area contributed by atoms with Crippen molar-refractivity contribution in [1.82, 2.24) is 9.88 Å². The Kier molecular flexibility index (Phi) is 4.89. The molecule has 0 aromatic carbocycles. The Bertz CT molecular complexity index is 342. The van der Waals surface area contributed by atoms with Crippen molar-refractivity contribution in [3.63, 3.8) is 0 Å². The zero-order chi connectivity index (χ0) is 11.4. The average molecular weight is 290 g/mol. The Morgan fingerprint density at radius 3 is 2.80 bits per heavy atom. The largest absolute Gasteiger partial charge is 0.397 e. The smallest absolute Gasteiger partial charge is 0.111 e. The average Bonchev–Trinajstić information content (AvgIpc) is 2.18. The summed E-state index contributed by atoms with van der Waals surface area (Å²) in [6, 6.07) is 0. The number of halogens is 1. The normalized spacial score (nSPS) is 11.0. The Balaban J connectivity index is 2.66. The first kappa shape index (κ1) is 12.8. The number of rotatable bonds is 4. The molecule has 0 spiro atoms. The van der Waals surface area contributed by atoms with Gasteiger partial charge in [-0.1, -0.05) is 0 Å². The molecule has 0 fully saturated rings. The molecule has 15 heavy (non-hydrogen) atoms. The Labute approximate surface area is 104 Å². The van der Waals surface area contributed by atoms with Gasteiger partial charge in [-0.05, 0) is 42.5 Å². The van der Waals surface area contributed by atoms with Crippen molar-refractivity contribution in [1.29, 1.82) is 0 Å². The highest BCUT2D eigenvalue weighted by molar-refractivity contribution is 9.10. The number of thioether (sulfide) groups is 1. The molecule has 1 aromatic heterocycles. The molecule has 0 aliphatic carbocycles. The van der Waals surface area contributed by atoms with Crippen molar-refractivity contribution in [2.24, 2.45) is 0 Å². The van der Waals surface area contributed by atoms with Crippen LogP contribution in [0.4, 0.5) is 5.69 Å². The second-order valence-corrected chi connectivity index (χ2v) is 5.49. The fourth-order valence-corrected chi connectivity index (χ4v) is 2.73. The van der Waals surface area contributed by atoms with Gasteiger partial charge >= 0.3 is 0 Å². The topological polar surface area (TPSA) is 42.1 Å². The number of anilines is 1. The molecule has 0 saturated heterocycles. The number of hydrogen-bond acceptors (Lipinski definition) is 4. The number of pyridine rings is 1. The molecular formula is C10H16BrN3S. The second kappa shape index (κ2) is 5.72. The molecular weight excluding hydrogens is 274 g/mol. The van der Waals surface area contributed by atoms with E-state index in [-0.39, 0.29) is 0 Å². The molecule has 84 valence electrons. The summed E-state index contributed by atoms with van der Waals surface area (Å²) in [5.41, 5.74) is 7.56. The highest BCUT2D eigenvalue weighted by atomic mass is 79.9. The number of nitrogens with two attached hydrogens (primary N) is 1. The first-order valence-electron chi connectivity index (χ1n) is 4.70. The maximum Gasteiger partial charge on any atom is 0.111 e. The molecule has 0 bridgehead atoms. The van der Waals surface area contributed by atoms with Crippen molar-refractivity contribution in [2.75, 3.05) is 32.1 Å². The van der Waals surface area contributed by atoms with Crippen LogP contribution in [0.15, 0.2) is 15.7 Å². The lowest BCUT2D eigenvalue weighted by atomic mass is 10.3.